The molecule has 1 saturated carbocycles. The van der Waals surface area contributed by atoms with Crippen LogP contribution in [0.15, 0.2) is 12.2 Å². The molecular weight excluding hydrogens is 204 g/mol. The van der Waals surface area contributed by atoms with Crippen molar-refractivity contribution in [2.24, 2.45) is 17.8 Å². The molecule has 0 spiro atoms. The third-order valence-electron chi connectivity index (χ3n) is 4.84. The maximum absolute atomic E-state index is 2.50. The van der Waals surface area contributed by atoms with Crippen LogP contribution in [0.1, 0.15) is 77.6 Å². The Hall–Kier alpha value is -0.260. The topological polar surface area (TPSA) is 0 Å². The van der Waals surface area contributed by atoms with Gasteiger partial charge in [-0.1, -0.05) is 70.4 Å². The molecule has 2 rings (SSSR count). The molecule has 0 aromatic carbocycles. The molecular formula is C17H30. The summed E-state index contributed by atoms with van der Waals surface area (Å²) in [5.74, 6) is 3.01. The quantitative estimate of drug-likeness (QED) is 0.353. The van der Waals surface area contributed by atoms with Gasteiger partial charge in [-0.25, -0.2) is 0 Å². The van der Waals surface area contributed by atoms with Crippen LogP contribution in [0.3, 0.4) is 0 Å². The maximum atomic E-state index is 2.50. The SMILES string of the molecule is CCCCCCCCCCC1CC2C=CC1C2. The van der Waals surface area contributed by atoms with Gasteiger partial charge in [-0.15, -0.1) is 0 Å². The summed E-state index contributed by atoms with van der Waals surface area (Å²) in [4.78, 5) is 0. The van der Waals surface area contributed by atoms with Gasteiger partial charge < -0.3 is 0 Å². The van der Waals surface area contributed by atoms with Gasteiger partial charge in [0.2, 0.25) is 0 Å². The Balaban J connectivity index is 1.41. The minimum atomic E-state index is 0.971. The van der Waals surface area contributed by atoms with Crippen molar-refractivity contribution in [3.63, 3.8) is 0 Å². The Kier molecular flexibility index (Phi) is 5.61. The third kappa shape index (κ3) is 4.16. The minimum Gasteiger partial charge on any atom is -0.0851 e. The summed E-state index contributed by atoms with van der Waals surface area (Å²) in [5, 5.41) is 0. The standard InChI is InChI=1S/C17H30/c1-2-3-4-5-6-7-8-9-10-16-13-15-11-12-17(16)14-15/h11-12,15-17H,2-10,13-14H2,1H3. The molecule has 0 heterocycles. The van der Waals surface area contributed by atoms with Crippen LogP contribution in [-0.4, -0.2) is 0 Å². The second-order valence-corrected chi connectivity index (χ2v) is 6.30. The van der Waals surface area contributed by atoms with Crippen molar-refractivity contribution < 1.29 is 0 Å². The molecule has 0 aromatic rings. The number of hydrogen-bond donors (Lipinski definition) is 0. The van der Waals surface area contributed by atoms with E-state index >= 15 is 0 Å². The fraction of sp³-hybridized carbons (Fsp3) is 0.882. The van der Waals surface area contributed by atoms with Gasteiger partial charge in [0, 0.05) is 0 Å². The van der Waals surface area contributed by atoms with Crippen molar-refractivity contribution in [2.75, 3.05) is 0 Å². The number of rotatable bonds is 9. The van der Waals surface area contributed by atoms with Crippen molar-refractivity contribution in [3.05, 3.63) is 12.2 Å². The molecule has 0 heteroatoms. The summed E-state index contributed by atoms with van der Waals surface area (Å²) in [5.41, 5.74) is 0. The van der Waals surface area contributed by atoms with E-state index in [-0.39, 0.29) is 0 Å². The average Bonchev–Trinajstić information content (AvgIpc) is 2.94. The highest BCUT2D eigenvalue weighted by molar-refractivity contribution is 5.09. The van der Waals surface area contributed by atoms with E-state index in [0.29, 0.717) is 0 Å². The molecule has 0 aromatic heterocycles. The van der Waals surface area contributed by atoms with E-state index < -0.39 is 0 Å². The van der Waals surface area contributed by atoms with E-state index in [1.165, 1.54) is 70.6 Å². The molecule has 3 atom stereocenters. The van der Waals surface area contributed by atoms with Gasteiger partial charge in [0.1, 0.15) is 0 Å². The highest BCUT2D eigenvalue weighted by atomic mass is 14.4. The Morgan fingerprint density at radius 1 is 0.824 bits per heavy atom. The lowest BCUT2D eigenvalue weighted by atomic mass is 9.88. The second kappa shape index (κ2) is 7.24. The highest BCUT2D eigenvalue weighted by Crippen LogP contribution is 2.45. The molecule has 2 aliphatic rings. The molecule has 0 saturated heterocycles. The Morgan fingerprint density at radius 2 is 1.53 bits per heavy atom. The Labute approximate surface area is 108 Å². The van der Waals surface area contributed by atoms with Gasteiger partial charge in [-0.3, -0.25) is 0 Å². The lowest BCUT2D eigenvalue weighted by Gasteiger charge is -2.17. The Morgan fingerprint density at radius 3 is 2.12 bits per heavy atom. The van der Waals surface area contributed by atoms with Crippen molar-refractivity contribution >= 4 is 0 Å². The minimum absolute atomic E-state index is 0.971. The smallest absolute Gasteiger partial charge is 0.0199 e. The predicted octanol–water partition coefficient (Wildman–Crippen LogP) is 5.73. The summed E-state index contributed by atoms with van der Waals surface area (Å²) >= 11 is 0. The van der Waals surface area contributed by atoms with E-state index in [4.69, 9.17) is 0 Å². The first-order valence-corrected chi connectivity index (χ1v) is 8.08. The molecule has 0 amide bonds. The van der Waals surface area contributed by atoms with Crippen LogP contribution in [-0.2, 0) is 0 Å². The number of allylic oxidation sites excluding steroid dienone is 2. The largest absolute Gasteiger partial charge is 0.0851 e. The van der Waals surface area contributed by atoms with Crippen molar-refractivity contribution in [1.82, 2.24) is 0 Å². The van der Waals surface area contributed by atoms with Gasteiger partial charge in [0.05, 0.1) is 0 Å². The number of unbranched alkanes of at least 4 members (excludes halogenated alkanes) is 7. The van der Waals surface area contributed by atoms with E-state index in [1.807, 2.05) is 0 Å². The van der Waals surface area contributed by atoms with E-state index in [9.17, 15) is 0 Å². The number of fused-ring (bicyclic) bond motifs is 2. The molecule has 1 fully saturated rings. The van der Waals surface area contributed by atoms with Crippen LogP contribution in [0.5, 0.6) is 0 Å². The lowest BCUT2D eigenvalue weighted by molar-refractivity contribution is 0.393. The summed E-state index contributed by atoms with van der Waals surface area (Å²) in [6, 6.07) is 0. The van der Waals surface area contributed by atoms with E-state index in [1.54, 1.807) is 0 Å². The zero-order valence-corrected chi connectivity index (χ0v) is 11.7. The van der Waals surface area contributed by atoms with Crippen LogP contribution in [0.25, 0.3) is 0 Å². The monoisotopic (exact) mass is 234 g/mol. The zero-order chi connectivity index (χ0) is 11.9. The first kappa shape index (κ1) is 13.2. The van der Waals surface area contributed by atoms with E-state index in [2.05, 4.69) is 19.1 Å². The summed E-state index contributed by atoms with van der Waals surface area (Å²) in [6.07, 6.45) is 21.2. The highest BCUT2D eigenvalue weighted by Gasteiger charge is 2.34. The molecule has 17 heavy (non-hydrogen) atoms. The van der Waals surface area contributed by atoms with Crippen LogP contribution < -0.4 is 0 Å². The summed E-state index contributed by atoms with van der Waals surface area (Å²) in [7, 11) is 0. The van der Waals surface area contributed by atoms with Gasteiger partial charge in [0.15, 0.2) is 0 Å². The van der Waals surface area contributed by atoms with Gasteiger partial charge in [-0.05, 0) is 37.0 Å². The molecule has 98 valence electrons. The van der Waals surface area contributed by atoms with Gasteiger partial charge in [-0.2, -0.15) is 0 Å². The molecule has 2 bridgehead atoms. The normalized spacial score (nSPS) is 30.3. The fourth-order valence-corrected chi connectivity index (χ4v) is 3.77. The molecule has 0 aliphatic heterocycles. The first-order chi connectivity index (χ1) is 8.40. The number of hydrogen-bond acceptors (Lipinski definition) is 0. The second-order valence-electron chi connectivity index (χ2n) is 6.30. The summed E-state index contributed by atoms with van der Waals surface area (Å²) in [6.45, 7) is 2.30. The van der Waals surface area contributed by atoms with Crippen molar-refractivity contribution in [1.29, 1.82) is 0 Å². The van der Waals surface area contributed by atoms with Gasteiger partial charge in [0.25, 0.3) is 0 Å². The lowest BCUT2D eigenvalue weighted by Crippen LogP contribution is -2.06. The average molecular weight is 234 g/mol. The third-order valence-corrected chi connectivity index (χ3v) is 4.84. The van der Waals surface area contributed by atoms with Crippen LogP contribution in [0, 0.1) is 17.8 Å². The maximum Gasteiger partial charge on any atom is -0.0199 e. The van der Waals surface area contributed by atoms with Gasteiger partial charge >= 0.3 is 0 Å². The van der Waals surface area contributed by atoms with Crippen LogP contribution in [0.4, 0.5) is 0 Å². The zero-order valence-electron chi connectivity index (χ0n) is 11.7. The fourth-order valence-electron chi connectivity index (χ4n) is 3.77. The first-order valence-electron chi connectivity index (χ1n) is 8.08. The van der Waals surface area contributed by atoms with E-state index in [0.717, 1.165) is 17.8 Å². The van der Waals surface area contributed by atoms with Crippen LogP contribution in [0.2, 0.25) is 0 Å². The molecule has 0 N–H and O–H groups in total. The van der Waals surface area contributed by atoms with Crippen molar-refractivity contribution in [2.45, 2.75) is 77.6 Å². The van der Waals surface area contributed by atoms with Crippen molar-refractivity contribution in [3.8, 4) is 0 Å². The van der Waals surface area contributed by atoms with Crippen LogP contribution >= 0.6 is 0 Å². The summed E-state index contributed by atoms with van der Waals surface area (Å²) < 4.78 is 0. The Bertz CT molecular complexity index is 228. The molecule has 2 aliphatic carbocycles. The molecule has 0 radical (unpaired) electrons. The molecule has 3 unspecified atom stereocenters. The predicted molar refractivity (Wildman–Crippen MR) is 76.1 cm³/mol. The molecule has 0 nitrogen and oxygen atoms in total.